The highest BCUT2D eigenvalue weighted by molar-refractivity contribution is 7.92. The normalized spacial score (nSPS) is 14.4. The Bertz CT molecular complexity index is 997. The van der Waals surface area contributed by atoms with Crippen molar-refractivity contribution >= 4 is 31.4 Å². The van der Waals surface area contributed by atoms with Gasteiger partial charge in [-0.05, 0) is 36.6 Å². The van der Waals surface area contributed by atoms with Gasteiger partial charge in [0.1, 0.15) is 0 Å². The predicted octanol–water partition coefficient (Wildman–Crippen LogP) is 2.26. The van der Waals surface area contributed by atoms with Gasteiger partial charge in [0.05, 0.1) is 23.4 Å². The lowest BCUT2D eigenvalue weighted by Crippen LogP contribution is -2.27. The van der Waals surface area contributed by atoms with Gasteiger partial charge < -0.3 is 0 Å². The van der Waals surface area contributed by atoms with Crippen LogP contribution in [-0.2, 0) is 32.2 Å². The summed E-state index contributed by atoms with van der Waals surface area (Å²) in [6.45, 7) is 2.32. The lowest BCUT2D eigenvalue weighted by Gasteiger charge is -2.17. The Labute approximate surface area is 148 Å². The largest absolute Gasteiger partial charge is 0.283 e. The van der Waals surface area contributed by atoms with Crippen LogP contribution in [0.15, 0.2) is 42.5 Å². The predicted molar refractivity (Wildman–Crippen MR) is 99.8 cm³/mol. The summed E-state index contributed by atoms with van der Waals surface area (Å²) >= 11 is 0. The molecular formula is C17H20N2O4S2. The zero-order valence-corrected chi connectivity index (χ0v) is 15.7. The van der Waals surface area contributed by atoms with Crippen molar-refractivity contribution in [1.29, 1.82) is 0 Å². The lowest BCUT2D eigenvalue weighted by molar-refractivity contribution is 0.597. The number of hydrogen-bond donors (Lipinski definition) is 1. The number of rotatable bonds is 5. The molecule has 0 aromatic heterocycles. The maximum absolute atomic E-state index is 12.4. The zero-order chi connectivity index (χ0) is 18.2. The summed E-state index contributed by atoms with van der Waals surface area (Å²) < 4.78 is 52.3. The number of hydrogen-bond acceptors (Lipinski definition) is 4. The van der Waals surface area contributed by atoms with Crippen molar-refractivity contribution in [2.24, 2.45) is 0 Å². The van der Waals surface area contributed by atoms with Crippen molar-refractivity contribution in [3.63, 3.8) is 0 Å². The number of anilines is 2. The molecule has 3 rings (SSSR count). The van der Waals surface area contributed by atoms with Crippen molar-refractivity contribution in [1.82, 2.24) is 0 Å². The summed E-state index contributed by atoms with van der Waals surface area (Å²) in [6.07, 6.45) is 1.77. The molecule has 134 valence electrons. The highest BCUT2D eigenvalue weighted by atomic mass is 32.2. The Morgan fingerprint density at radius 2 is 1.72 bits per heavy atom. The highest BCUT2D eigenvalue weighted by Gasteiger charge is 2.26. The van der Waals surface area contributed by atoms with Gasteiger partial charge in [0, 0.05) is 6.54 Å². The first-order valence-corrected chi connectivity index (χ1v) is 11.3. The van der Waals surface area contributed by atoms with Crippen molar-refractivity contribution < 1.29 is 16.8 Å². The molecule has 6 nitrogen and oxygen atoms in total. The van der Waals surface area contributed by atoms with Crippen molar-refractivity contribution in [3.05, 3.63) is 59.2 Å². The average Bonchev–Trinajstić information content (AvgIpc) is 2.92. The molecule has 1 aliphatic rings. The quantitative estimate of drug-likeness (QED) is 0.862. The Morgan fingerprint density at radius 3 is 2.36 bits per heavy atom. The molecule has 0 saturated carbocycles. The van der Waals surface area contributed by atoms with E-state index in [9.17, 15) is 16.8 Å². The topological polar surface area (TPSA) is 83.6 Å². The number of fused-ring (bicyclic) bond motifs is 1. The molecule has 0 spiro atoms. The first-order valence-electron chi connectivity index (χ1n) is 7.81. The van der Waals surface area contributed by atoms with Crippen LogP contribution in [0.1, 0.15) is 16.7 Å². The molecule has 2 aromatic rings. The fourth-order valence-corrected chi connectivity index (χ4v) is 5.02. The summed E-state index contributed by atoms with van der Waals surface area (Å²) in [5.41, 5.74) is 3.55. The minimum absolute atomic E-state index is 0.139. The van der Waals surface area contributed by atoms with Crippen molar-refractivity contribution in [2.75, 3.05) is 21.8 Å². The Hall–Kier alpha value is -2.06. The van der Waals surface area contributed by atoms with E-state index in [1.807, 2.05) is 19.1 Å². The molecule has 0 saturated heterocycles. The van der Waals surface area contributed by atoms with Gasteiger partial charge >= 0.3 is 0 Å². The molecule has 0 unspecified atom stereocenters. The fraction of sp³-hybridized carbons (Fsp3) is 0.294. The van der Waals surface area contributed by atoms with Crippen molar-refractivity contribution in [2.45, 2.75) is 19.1 Å². The van der Waals surface area contributed by atoms with Gasteiger partial charge in [-0.15, -0.1) is 0 Å². The molecule has 25 heavy (non-hydrogen) atoms. The minimum atomic E-state index is -3.59. The molecular weight excluding hydrogens is 360 g/mol. The third kappa shape index (κ3) is 4.13. The minimum Gasteiger partial charge on any atom is -0.283 e. The molecule has 0 aliphatic carbocycles. The van der Waals surface area contributed by atoms with Crippen molar-refractivity contribution in [3.8, 4) is 0 Å². The van der Waals surface area contributed by atoms with Crippen LogP contribution >= 0.6 is 0 Å². The molecule has 0 radical (unpaired) electrons. The highest BCUT2D eigenvalue weighted by Crippen LogP contribution is 2.32. The van der Waals surface area contributed by atoms with Crippen LogP contribution in [0.3, 0.4) is 0 Å². The number of benzene rings is 2. The second-order valence-corrected chi connectivity index (χ2v) is 9.90. The number of sulfonamides is 2. The van der Waals surface area contributed by atoms with E-state index in [0.29, 0.717) is 29.9 Å². The first kappa shape index (κ1) is 17.8. The van der Waals surface area contributed by atoms with E-state index in [4.69, 9.17) is 0 Å². The van der Waals surface area contributed by atoms with Crippen LogP contribution < -0.4 is 9.03 Å². The molecule has 1 aliphatic heterocycles. The van der Waals surface area contributed by atoms with Crippen LogP contribution in [-0.4, -0.2) is 29.6 Å². The van der Waals surface area contributed by atoms with E-state index in [-0.39, 0.29) is 5.75 Å². The van der Waals surface area contributed by atoms with Crippen LogP contribution in [0, 0.1) is 6.92 Å². The van der Waals surface area contributed by atoms with Gasteiger partial charge in [0.2, 0.25) is 20.0 Å². The van der Waals surface area contributed by atoms with Gasteiger partial charge in [0.15, 0.2) is 0 Å². The number of nitrogens with zero attached hydrogens (tertiary/aromatic N) is 1. The maximum Gasteiger partial charge on any atom is 0.236 e. The van der Waals surface area contributed by atoms with Gasteiger partial charge in [-0.1, -0.05) is 35.9 Å². The lowest BCUT2D eigenvalue weighted by atomic mass is 10.1. The standard InChI is InChI=1S/C17H20N2O4S2/c1-13-3-5-14(6-4-13)12-25(22,23)18-16-8-7-15-9-10-19(17(15)11-16)24(2,20)21/h3-8,11,18H,9-10,12H2,1-2H3. The Morgan fingerprint density at radius 1 is 1.04 bits per heavy atom. The summed E-state index contributed by atoms with van der Waals surface area (Å²) in [6, 6.07) is 12.3. The van der Waals surface area contributed by atoms with E-state index in [0.717, 1.165) is 17.4 Å². The molecule has 2 aromatic carbocycles. The van der Waals surface area contributed by atoms with Crippen LogP contribution in [0.2, 0.25) is 0 Å². The number of nitrogens with one attached hydrogen (secondary N) is 1. The van der Waals surface area contributed by atoms with Gasteiger partial charge in [-0.3, -0.25) is 9.03 Å². The average molecular weight is 380 g/mol. The first-order chi connectivity index (χ1) is 11.6. The van der Waals surface area contributed by atoms with E-state index >= 15 is 0 Å². The summed E-state index contributed by atoms with van der Waals surface area (Å²) in [5, 5.41) is 0. The Kier molecular flexibility index (Phi) is 4.51. The number of aryl methyl sites for hydroxylation is 1. The molecule has 1 N–H and O–H groups in total. The zero-order valence-electron chi connectivity index (χ0n) is 14.1. The van der Waals surface area contributed by atoms with E-state index in [2.05, 4.69) is 4.72 Å². The second kappa shape index (κ2) is 6.34. The molecule has 1 heterocycles. The molecule has 0 bridgehead atoms. The third-order valence-electron chi connectivity index (χ3n) is 4.09. The van der Waals surface area contributed by atoms with E-state index in [1.165, 1.54) is 4.31 Å². The second-order valence-electron chi connectivity index (χ2n) is 6.28. The Balaban J connectivity index is 1.82. The fourth-order valence-electron chi connectivity index (χ4n) is 2.88. The molecule has 0 atom stereocenters. The third-order valence-corrected chi connectivity index (χ3v) is 6.53. The van der Waals surface area contributed by atoms with Crippen LogP contribution in [0.4, 0.5) is 11.4 Å². The van der Waals surface area contributed by atoms with Gasteiger partial charge in [0.25, 0.3) is 0 Å². The summed E-state index contributed by atoms with van der Waals surface area (Å²) in [4.78, 5) is 0. The van der Waals surface area contributed by atoms with E-state index < -0.39 is 20.0 Å². The maximum atomic E-state index is 12.4. The van der Waals surface area contributed by atoms with E-state index in [1.54, 1.807) is 30.3 Å². The van der Waals surface area contributed by atoms with Crippen LogP contribution in [0.25, 0.3) is 0 Å². The molecule has 0 amide bonds. The van der Waals surface area contributed by atoms with Gasteiger partial charge in [-0.25, -0.2) is 16.8 Å². The monoisotopic (exact) mass is 380 g/mol. The summed E-state index contributed by atoms with van der Waals surface area (Å²) in [7, 11) is -6.96. The smallest absolute Gasteiger partial charge is 0.236 e. The van der Waals surface area contributed by atoms with Gasteiger partial charge in [-0.2, -0.15) is 0 Å². The van der Waals surface area contributed by atoms with Crippen LogP contribution in [0.5, 0.6) is 0 Å². The summed E-state index contributed by atoms with van der Waals surface area (Å²) in [5.74, 6) is -0.139. The SMILES string of the molecule is Cc1ccc(CS(=O)(=O)Nc2ccc3c(c2)N(S(C)(=O)=O)CC3)cc1. The molecule has 8 heteroatoms. The molecule has 0 fully saturated rings.